The molecule has 4 amide bonds. The molecule has 0 radical (unpaired) electrons. The number of hydrogen-bond donors (Lipinski definition) is 1. The third-order valence-corrected chi connectivity index (χ3v) is 6.61. The fraction of sp³-hybridized carbons (Fsp3) is 0.583. The molecule has 3 fully saturated rings. The molecule has 172 valence electrons. The molecule has 0 aromatic heterocycles. The molecule has 4 rings (SSSR count). The topological polar surface area (TPSA) is 96.0 Å². The summed E-state index contributed by atoms with van der Waals surface area (Å²) < 4.78 is 5.76. The summed E-state index contributed by atoms with van der Waals surface area (Å²) in [5.41, 5.74) is 1.03. The van der Waals surface area contributed by atoms with E-state index in [1.165, 1.54) is 11.8 Å². The number of anilines is 2. The highest BCUT2D eigenvalue weighted by Crippen LogP contribution is 2.31. The van der Waals surface area contributed by atoms with Crippen LogP contribution in [0.2, 0.25) is 0 Å². The lowest BCUT2D eigenvalue weighted by Crippen LogP contribution is -2.50. The predicted octanol–water partition coefficient (Wildman–Crippen LogP) is 2.86. The standard InChI is InChI=1S/C24H31N3O5/c1-16(28)25-18-9-11-19(12-10-18)27-22(29)14-21(24(27)31)26(15-20-8-5-13-32-20)23(30)17-6-3-2-4-7-17/h9-12,17,20-21H,2-8,13-15H2,1H3,(H,25,28). The lowest BCUT2D eigenvalue weighted by molar-refractivity contribution is -0.144. The van der Waals surface area contributed by atoms with Gasteiger partial charge in [0, 0.05) is 31.7 Å². The van der Waals surface area contributed by atoms with Crippen molar-refractivity contribution in [2.75, 3.05) is 23.4 Å². The first-order valence-corrected chi connectivity index (χ1v) is 11.6. The predicted molar refractivity (Wildman–Crippen MR) is 119 cm³/mol. The van der Waals surface area contributed by atoms with Gasteiger partial charge in [-0.2, -0.15) is 0 Å². The Balaban J connectivity index is 1.54. The molecule has 8 nitrogen and oxygen atoms in total. The van der Waals surface area contributed by atoms with Gasteiger partial charge in [-0.05, 0) is 49.9 Å². The molecule has 1 aromatic carbocycles. The zero-order valence-corrected chi connectivity index (χ0v) is 18.5. The number of hydrogen-bond acceptors (Lipinski definition) is 5. The maximum Gasteiger partial charge on any atom is 0.257 e. The average Bonchev–Trinajstić information content (AvgIpc) is 3.40. The van der Waals surface area contributed by atoms with E-state index in [4.69, 9.17) is 4.74 Å². The van der Waals surface area contributed by atoms with Crippen molar-refractivity contribution in [1.29, 1.82) is 0 Å². The maximum absolute atomic E-state index is 13.5. The van der Waals surface area contributed by atoms with E-state index < -0.39 is 6.04 Å². The van der Waals surface area contributed by atoms with Crippen LogP contribution >= 0.6 is 0 Å². The summed E-state index contributed by atoms with van der Waals surface area (Å²) in [4.78, 5) is 53.7. The van der Waals surface area contributed by atoms with Gasteiger partial charge in [0.25, 0.3) is 5.91 Å². The highest BCUT2D eigenvalue weighted by molar-refractivity contribution is 6.23. The van der Waals surface area contributed by atoms with Crippen molar-refractivity contribution < 1.29 is 23.9 Å². The van der Waals surface area contributed by atoms with Gasteiger partial charge in [-0.1, -0.05) is 19.3 Å². The zero-order chi connectivity index (χ0) is 22.7. The third-order valence-electron chi connectivity index (χ3n) is 6.61. The Morgan fingerprint density at radius 2 is 1.78 bits per heavy atom. The van der Waals surface area contributed by atoms with Crippen LogP contribution in [0, 0.1) is 5.92 Å². The number of ether oxygens (including phenoxy) is 1. The van der Waals surface area contributed by atoms with Crippen molar-refractivity contribution >= 4 is 35.0 Å². The third kappa shape index (κ3) is 4.85. The van der Waals surface area contributed by atoms with E-state index in [2.05, 4.69) is 5.32 Å². The smallest absolute Gasteiger partial charge is 0.257 e. The molecule has 2 saturated heterocycles. The van der Waals surface area contributed by atoms with Gasteiger partial charge in [-0.15, -0.1) is 0 Å². The summed E-state index contributed by atoms with van der Waals surface area (Å²) in [7, 11) is 0. The van der Waals surface area contributed by atoms with Crippen molar-refractivity contribution in [2.45, 2.75) is 70.4 Å². The van der Waals surface area contributed by atoms with Gasteiger partial charge in [-0.25, -0.2) is 4.90 Å². The Morgan fingerprint density at radius 3 is 2.41 bits per heavy atom. The molecule has 1 aromatic rings. The fourth-order valence-electron chi connectivity index (χ4n) is 4.99. The maximum atomic E-state index is 13.5. The molecule has 1 saturated carbocycles. The normalized spacial score (nSPS) is 24.1. The molecule has 32 heavy (non-hydrogen) atoms. The summed E-state index contributed by atoms with van der Waals surface area (Å²) in [5, 5.41) is 2.67. The minimum absolute atomic E-state index is 0.0164. The number of rotatable bonds is 6. The number of nitrogens with one attached hydrogen (secondary N) is 1. The second-order valence-corrected chi connectivity index (χ2v) is 8.98. The van der Waals surface area contributed by atoms with E-state index in [-0.39, 0.29) is 42.1 Å². The molecule has 2 atom stereocenters. The molecule has 8 heteroatoms. The number of carbonyl (C=O) groups excluding carboxylic acids is 4. The van der Waals surface area contributed by atoms with Crippen LogP contribution < -0.4 is 10.2 Å². The Kier molecular flexibility index (Phi) is 6.89. The van der Waals surface area contributed by atoms with E-state index in [0.717, 1.165) is 44.9 Å². The molecule has 3 aliphatic rings. The van der Waals surface area contributed by atoms with E-state index in [9.17, 15) is 19.2 Å². The van der Waals surface area contributed by atoms with Crippen molar-refractivity contribution in [1.82, 2.24) is 4.90 Å². The van der Waals surface area contributed by atoms with Crippen LogP contribution in [0.15, 0.2) is 24.3 Å². The van der Waals surface area contributed by atoms with Crippen LogP contribution in [-0.2, 0) is 23.9 Å². The first-order chi connectivity index (χ1) is 15.4. The number of carbonyl (C=O) groups is 4. The minimum Gasteiger partial charge on any atom is -0.376 e. The fourth-order valence-corrected chi connectivity index (χ4v) is 4.99. The summed E-state index contributed by atoms with van der Waals surface area (Å²) in [5.74, 6) is -0.990. The van der Waals surface area contributed by atoms with Crippen LogP contribution in [0.25, 0.3) is 0 Å². The summed E-state index contributed by atoms with van der Waals surface area (Å²) in [6.07, 6.45) is 6.56. The summed E-state index contributed by atoms with van der Waals surface area (Å²) in [6, 6.07) is 5.79. The minimum atomic E-state index is -0.795. The van der Waals surface area contributed by atoms with Crippen LogP contribution in [-0.4, -0.2) is 53.8 Å². The molecule has 0 spiro atoms. The second-order valence-electron chi connectivity index (χ2n) is 8.98. The van der Waals surface area contributed by atoms with Crippen molar-refractivity contribution in [3.05, 3.63) is 24.3 Å². The summed E-state index contributed by atoms with van der Waals surface area (Å²) >= 11 is 0. The van der Waals surface area contributed by atoms with Gasteiger partial charge in [0.1, 0.15) is 6.04 Å². The largest absolute Gasteiger partial charge is 0.376 e. The SMILES string of the molecule is CC(=O)Nc1ccc(N2C(=O)CC(N(CC3CCCO3)C(=O)C3CCCCC3)C2=O)cc1. The van der Waals surface area contributed by atoms with Crippen LogP contribution in [0.3, 0.4) is 0 Å². The molecule has 1 N–H and O–H groups in total. The lowest BCUT2D eigenvalue weighted by Gasteiger charge is -2.34. The van der Waals surface area contributed by atoms with Gasteiger partial charge in [0.05, 0.1) is 18.2 Å². The first kappa shape index (κ1) is 22.5. The van der Waals surface area contributed by atoms with Crippen molar-refractivity contribution in [3.8, 4) is 0 Å². The zero-order valence-electron chi connectivity index (χ0n) is 18.5. The number of benzene rings is 1. The van der Waals surface area contributed by atoms with Gasteiger partial charge in [0.15, 0.2) is 0 Å². The van der Waals surface area contributed by atoms with E-state index in [0.29, 0.717) is 24.5 Å². The molecule has 2 unspecified atom stereocenters. The monoisotopic (exact) mass is 441 g/mol. The van der Waals surface area contributed by atoms with Gasteiger partial charge in [0.2, 0.25) is 17.7 Å². The Morgan fingerprint density at radius 1 is 1.06 bits per heavy atom. The second kappa shape index (κ2) is 9.81. The van der Waals surface area contributed by atoms with Crippen LogP contribution in [0.1, 0.15) is 58.3 Å². The highest BCUT2D eigenvalue weighted by atomic mass is 16.5. The van der Waals surface area contributed by atoms with Gasteiger partial charge < -0.3 is 15.0 Å². The van der Waals surface area contributed by atoms with Gasteiger partial charge >= 0.3 is 0 Å². The highest BCUT2D eigenvalue weighted by Gasteiger charge is 2.46. The molecular weight excluding hydrogens is 410 g/mol. The van der Waals surface area contributed by atoms with E-state index in [1.807, 2.05) is 0 Å². The quantitative estimate of drug-likeness (QED) is 0.685. The number of amides is 4. The van der Waals surface area contributed by atoms with Crippen molar-refractivity contribution in [2.24, 2.45) is 5.92 Å². The summed E-state index contributed by atoms with van der Waals surface area (Å²) in [6.45, 7) is 2.44. The molecular formula is C24H31N3O5. The Labute approximate surface area is 188 Å². The molecule has 2 aliphatic heterocycles. The van der Waals surface area contributed by atoms with Crippen LogP contribution in [0.5, 0.6) is 0 Å². The lowest BCUT2D eigenvalue weighted by atomic mass is 9.87. The number of imide groups is 1. The van der Waals surface area contributed by atoms with E-state index in [1.54, 1.807) is 29.2 Å². The van der Waals surface area contributed by atoms with Crippen molar-refractivity contribution in [3.63, 3.8) is 0 Å². The Hall–Kier alpha value is -2.74. The number of nitrogens with zero attached hydrogens (tertiary/aromatic N) is 2. The molecule has 1 aliphatic carbocycles. The average molecular weight is 442 g/mol. The van der Waals surface area contributed by atoms with E-state index >= 15 is 0 Å². The molecule has 2 heterocycles. The first-order valence-electron chi connectivity index (χ1n) is 11.6. The van der Waals surface area contributed by atoms with Gasteiger partial charge in [-0.3, -0.25) is 19.2 Å². The van der Waals surface area contributed by atoms with Crippen LogP contribution in [0.4, 0.5) is 11.4 Å². The Bertz CT molecular complexity index is 872. The molecule has 0 bridgehead atoms.